The number of nitrogens with two attached hydrogens (primary N) is 1. The molecule has 46 heavy (non-hydrogen) atoms. The molecule has 1 aliphatic carbocycles. The van der Waals surface area contributed by atoms with Crippen LogP contribution in [0.2, 0.25) is 0 Å². The van der Waals surface area contributed by atoms with Gasteiger partial charge in [0.15, 0.2) is 10.8 Å². The fraction of sp³-hybridized carbons (Fsp3) is 0.348. The summed E-state index contributed by atoms with van der Waals surface area (Å²) in [6, 6.07) is -5.70. The monoisotopic (exact) mass is 664 g/mol. The van der Waals surface area contributed by atoms with Crippen LogP contribution in [0.25, 0.3) is 0 Å². The quantitative estimate of drug-likeness (QED) is 0.0644. The van der Waals surface area contributed by atoms with Crippen LogP contribution in [0.5, 0.6) is 5.75 Å². The molecule has 23 heteroatoms. The Morgan fingerprint density at radius 2 is 1.89 bits per heavy atom. The molecule has 2 aromatic heterocycles. The summed E-state index contributed by atoms with van der Waals surface area (Å²) >= 11 is 0.919. The van der Waals surface area contributed by atoms with Gasteiger partial charge in [0.1, 0.15) is 18.3 Å². The molecule has 3 amide bonds. The summed E-state index contributed by atoms with van der Waals surface area (Å²) < 4.78 is 6.60. The van der Waals surface area contributed by atoms with Crippen molar-refractivity contribution < 1.29 is 72.9 Å². The second-order valence-corrected chi connectivity index (χ2v) is 11.1. The van der Waals surface area contributed by atoms with E-state index in [0.717, 1.165) is 11.3 Å². The van der Waals surface area contributed by atoms with E-state index in [-0.39, 0.29) is 28.7 Å². The normalized spacial score (nSPS) is 25.0. The van der Waals surface area contributed by atoms with Crippen LogP contribution in [0.1, 0.15) is 25.0 Å². The third kappa shape index (κ3) is 4.55. The molecule has 0 spiro atoms. The SMILES string of the molecule is Nc1nc(/C(=N/OC2(C(=O)O)CC2)C(=O)N[C@H]2CON(C3(C(=O)O)CC([N+]4=C(O)[n+]5cc(=O)c(O)cn5C4=O)C(=O)O3)C2=O)cs1. The number of esters is 1. The van der Waals surface area contributed by atoms with Gasteiger partial charge in [-0.15, -0.1) is 11.3 Å². The maximum absolute atomic E-state index is 13.4. The number of carbonyl (C=O) groups excluding carboxylic acids is 4. The first-order valence-corrected chi connectivity index (χ1v) is 13.8. The van der Waals surface area contributed by atoms with Gasteiger partial charge in [-0.05, 0) is 0 Å². The van der Waals surface area contributed by atoms with Crippen LogP contribution in [0.4, 0.5) is 9.93 Å². The van der Waals surface area contributed by atoms with E-state index in [4.69, 9.17) is 20.1 Å². The van der Waals surface area contributed by atoms with E-state index < -0.39 is 95.1 Å². The Kier molecular flexibility index (Phi) is 6.73. The number of nitrogens with zero attached hydrogens (tertiary/aromatic N) is 6. The maximum atomic E-state index is 13.4. The van der Waals surface area contributed by atoms with Crippen LogP contribution >= 0.6 is 11.3 Å². The van der Waals surface area contributed by atoms with Gasteiger partial charge < -0.3 is 41.1 Å². The van der Waals surface area contributed by atoms with E-state index in [2.05, 4.69) is 15.5 Å². The number of carbonyl (C=O) groups is 6. The van der Waals surface area contributed by atoms with Crippen molar-refractivity contribution in [2.75, 3.05) is 12.3 Å². The van der Waals surface area contributed by atoms with Gasteiger partial charge in [0.25, 0.3) is 17.2 Å². The molecule has 2 aromatic rings. The number of nitrogens with one attached hydrogen (secondary N) is 1. The van der Waals surface area contributed by atoms with Crippen LogP contribution in [0.15, 0.2) is 27.7 Å². The van der Waals surface area contributed by atoms with Crippen molar-refractivity contribution in [3.8, 4) is 5.75 Å². The maximum Gasteiger partial charge on any atom is 0.613 e. The van der Waals surface area contributed by atoms with Crippen molar-refractivity contribution in [3.63, 3.8) is 0 Å². The molecule has 240 valence electrons. The van der Waals surface area contributed by atoms with E-state index in [9.17, 15) is 54.0 Å². The number of aliphatic hydroxyl groups is 1. The fourth-order valence-electron chi connectivity index (χ4n) is 4.75. The zero-order valence-corrected chi connectivity index (χ0v) is 23.6. The zero-order chi connectivity index (χ0) is 33.3. The van der Waals surface area contributed by atoms with Gasteiger partial charge >= 0.3 is 35.7 Å². The number of fused-ring (bicyclic) bond motifs is 1. The molecule has 3 fully saturated rings. The molecule has 2 unspecified atom stereocenters. The van der Waals surface area contributed by atoms with Crippen molar-refractivity contribution in [3.05, 3.63) is 33.7 Å². The average Bonchev–Trinajstić information content (AvgIpc) is 3.21. The van der Waals surface area contributed by atoms with Gasteiger partial charge in [0, 0.05) is 18.2 Å². The molecule has 6 rings (SSSR count). The van der Waals surface area contributed by atoms with Crippen molar-refractivity contribution in [2.24, 2.45) is 5.16 Å². The Morgan fingerprint density at radius 1 is 1.17 bits per heavy atom. The number of amides is 3. The lowest BCUT2D eigenvalue weighted by atomic mass is 10.1. The lowest BCUT2D eigenvalue weighted by Crippen LogP contribution is -2.57. The van der Waals surface area contributed by atoms with Crippen molar-refractivity contribution in [1.29, 1.82) is 0 Å². The summed E-state index contributed by atoms with van der Waals surface area (Å²) in [6.45, 7) is -0.684. The summed E-state index contributed by atoms with van der Waals surface area (Å²) in [7, 11) is 0. The van der Waals surface area contributed by atoms with Crippen LogP contribution in [-0.2, 0) is 38.4 Å². The minimum atomic E-state index is -2.90. The van der Waals surface area contributed by atoms with E-state index >= 15 is 0 Å². The summed E-state index contributed by atoms with van der Waals surface area (Å²) in [4.78, 5) is 103. The molecule has 0 radical (unpaired) electrons. The number of carboxylic acids is 2. The van der Waals surface area contributed by atoms with Crippen LogP contribution in [0.3, 0.4) is 0 Å². The van der Waals surface area contributed by atoms with E-state index in [1.165, 1.54) is 5.38 Å². The van der Waals surface area contributed by atoms with Gasteiger partial charge in [-0.2, -0.15) is 9.86 Å². The minimum Gasteiger partial charge on any atom is -0.501 e. The number of aromatic hydroxyl groups is 1. The second kappa shape index (κ2) is 10.3. The highest BCUT2D eigenvalue weighted by Gasteiger charge is 2.68. The van der Waals surface area contributed by atoms with Crippen LogP contribution < -0.4 is 21.2 Å². The van der Waals surface area contributed by atoms with Crippen molar-refractivity contribution in [1.82, 2.24) is 20.0 Å². The molecule has 0 aromatic carbocycles. The number of cyclic esters (lactones) is 1. The van der Waals surface area contributed by atoms with Gasteiger partial charge in [-0.1, -0.05) is 9.73 Å². The second-order valence-electron chi connectivity index (χ2n) is 10.2. The number of aliphatic carboxylic acids is 2. The highest BCUT2D eigenvalue weighted by atomic mass is 32.1. The Bertz CT molecular complexity index is 1900. The molecular weight excluding hydrogens is 644 g/mol. The third-order valence-corrected chi connectivity index (χ3v) is 8.01. The van der Waals surface area contributed by atoms with E-state index in [1.54, 1.807) is 0 Å². The molecule has 3 atom stereocenters. The molecule has 3 aliphatic heterocycles. The Hall–Kier alpha value is -5.97. The third-order valence-electron chi connectivity index (χ3n) is 7.34. The van der Waals surface area contributed by atoms with Gasteiger partial charge in [-0.3, -0.25) is 19.2 Å². The number of rotatable bonds is 9. The number of hydroxylamine groups is 2. The number of nitrogen functional groups attached to an aromatic ring is 1. The molecule has 5 heterocycles. The number of anilines is 1. The summed E-state index contributed by atoms with van der Waals surface area (Å²) in [5.74, 6) is -7.85. The Morgan fingerprint density at radius 3 is 2.50 bits per heavy atom. The summed E-state index contributed by atoms with van der Waals surface area (Å²) in [6.07, 6.45) is 0.518. The van der Waals surface area contributed by atoms with Crippen molar-refractivity contribution >= 4 is 64.0 Å². The average molecular weight is 665 g/mol. The number of thiazole rings is 1. The number of ether oxygens (including phenoxy) is 1. The molecular formula is C23H20N8O14S+2. The minimum absolute atomic E-state index is 0.0206. The zero-order valence-electron chi connectivity index (χ0n) is 22.8. The van der Waals surface area contributed by atoms with Crippen LogP contribution in [0, 0.1) is 0 Å². The Labute approximate surface area is 256 Å². The van der Waals surface area contributed by atoms with Gasteiger partial charge in [0.05, 0.1) is 15.8 Å². The standard InChI is InChI=1S/C23H18N8O14S/c24-19-26-9(7-46-19)13(27-45-22(1-2-22)17(37)38)14(34)25-8-6-43-31(15(8)35)23(18(39)40)3-10(16(36)44-23)30-20(41)28-4-11(32)12(33)5-29(28)21(30)42/h4-5,7-8,10H,1-3,6H2,(H5-,24,25,26,32,34,37,38,39,40)/p+2/b27-13-/t8-,10?,23?/m0/s1. The molecule has 2 saturated heterocycles. The van der Waals surface area contributed by atoms with Crippen molar-refractivity contribution in [2.45, 2.75) is 42.7 Å². The fourth-order valence-corrected chi connectivity index (χ4v) is 5.30. The predicted molar refractivity (Wildman–Crippen MR) is 140 cm³/mol. The number of aromatic nitrogens is 3. The molecule has 0 bridgehead atoms. The summed E-state index contributed by atoms with van der Waals surface area (Å²) in [5, 5.41) is 47.2. The molecule has 7 N–H and O–H groups in total. The first-order valence-electron chi connectivity index (χ1n) is 12.9. The molecule has 4 aliphatic rings. The molecule has 1 saturated carbocycles. The van der Waals surface area contributed by atoms with Crippen LogP contribution in [-0.4, -0.2) is 117 Å². The number of oxime groups is 1. The largest absolute Gasteiger partial charge is 0.613 e. The molecule has 22 nitrogen and oxygen atoms in total. The predicted octanol–water partition coefficient (Wildman–Crippen LogP) is -3.97. The first-order chi connectivity index (χ1) is 21.7. The Balaban J connectivity index is 1.24. The highest BCUT2D eigenvalue weighted by Crippen LogP contribution is 2.40. The van der Waals surface area contributed by atoms with Gasteiger partial charge in [-0.25, -0.2) is 19.4 Å². The number of hydrogen-bond acceptors (Lipinski definition) is 15. The lowest BCUT2D eigenvalue weighted by molar-refractivity contribution is -0.664. The van der Waals surface area contributed by atoms with E-state index in [0.29, 0.717) is 26.3 Å². The first kappa shape index (κ1) is 30.1. The van der Waals surface area contributed by atoms with Gasteiger partial charge in [0.2, 0.25) is 29.8 Å². The highest BCUT2D eigenvalue weighted by molar-refractivity contribution is 7.13. The topological polar surface area (TPSA) is 306 Å². The van der Waals surface area contributed by atoms with E-state index in [1.807, 2.05) is 0 Å². The number of aliphatic hydroxyl groups excluding tert-OH is 1. The lowest BCUT2D eigenvalue weighted by Gasteiger charge is -2.30. The number of hydrogen-bond donors (Lipinski definition) is 6. The summed E-state index contributed by atoms with van der Waals surface area (Å²) in [5.41, 5.74) is -0.601. The smallest absolute Gasteiger partial charge is 0.501 e. The number of carboxylic acid groups (broad SMARTS) is 2.